The van der Waals surface area contributed by atoms with Gasteiger partial charge in [-0.25, -0.2) is 9.37 Å². The van der Waals surface area contributed by atoms with Crippen molar-refractivity contribution >= 4 is 16.9 Å². The van der Waals surface area contributed by atoms with Gasteiger partial charge in [-0.2, -0.15) is 0 Å². The van der Waals surface area contributed by atoms with E-state index >= 15 is 0 Å². The van der Waals surface area contributed by atoms with Crippen molar-refractivity contribution < 1.29 is 13.9 Å². The summed E-state index contributed by atoms with van der Waals surface area (Å²) in [6, 6.07) is 11.5. The third-order valence-corrected chi connectivity index (χ3v) is 9.00. The van der Waals surface area contributed by atoms with Crippen molar-refractivity contribution in [1.82, 2.24) is 20.6 Å². The highest BCUT2D eigenvalue weighted by atomic mass is 19.1. The van der Waals surface area contributed by atoms with Crippen LogP contribution in [0.3, 0.4) is 0 Å². The number of imidazole rings is 1. The summed E-state index contributed by atoms with van der Waals surface area (Å²) in [6.45, 7) is 6.87. The molecule has 196 valence electrons. The van der Waals surface area contributed by atoms with Crippen LogP contribution in [0.15, 0.2) is 36.4 Å². The first-order valence-electron chi connectivity index (χ1n) is 13.8. The second-order valence-corrected chi connectivity index (χ2v) is 11.4. The molecule has 2 aromatic carbocycles. The molecule has 3 N–H and O–H groups in total. The van der Waals surface area contributed by atoms with Gasteiger partial charge in [0.05, 0.1) is 16.4 Å². The number of carbonyl (C=O) groups excluding carboxylic acids is 1. The molecule has 1 aliphatic heterocycles. The molecule has 6 nitrogen and oxygen atoms in total. The maximum Gasteiger partial charge on any atom is 0.231 e. The summed E-state index contributed by atoms with van der Waals surface area (Å²) in [5.41, 5.74) is 4.98. The number of halogens is 1. The minimum Gasteiger partial charge on any atom is -0.381 e. The maximum atomic E-state index is 14.1. The maximum absolute atomic E-state index is 14.1. The molecule has 7 heteroatoms. The highest BCUT2D eigenvalue weighted by Crippen LogP contribution is 2.63. The lowest BCUT2D eigenvalue weighted by Crippen LogP contribution is -2.52. The van der Waals surface area contributed by atoms with E-state index in [2.05, 4.69) is 34.7 Å². The third-order valence-electron chi connectivity index (χ3n) is 9.00. The highest BCUT2D eigenvalue weighted by molar-refractivity contribution is 5.90. The van der Waals surface area contributed by atoms with Crippen molar-refractivity contribution in [3.63, 3.8) is 0 Å². The van der Waals surface area contributed by atoms with E-state index in [-0.39, 0.29) is 23.2 Å². The second-order valence-electron chi connectivity index (χ2n) is 11.4. The van der Waals surface area contributed by atoms with Crippen LogP contribution in [0, 0.1) is 11.2 Å². The number of likely N-dealkylation sites (N-methyl/N-ethyl adjacent to an activating group) is 1. The Morgan fingerprint density at radius 2 is 2.00 bits per heavy atom. The van der Waals surface area contributed by atoms with Crippen molar-refractivity contribution in [3.8, 4) is 0 Å². The molecule has 2 heterocycles. The molecule has 1 spiro atoms. The van der Waals surface area contributed by atoms with Gasteiger partial charge in [0.15, 0.2) is 0 Å². The predicted octanol–water partition coefficient (Wildman–Crippen LogP) is 4.53. The summed E-state index contributed by atoms with van der Waals surface area (Å²) in [7, 11) is 0. The Morgan fingerprint density at radius 3 is 2.76 bits per heavy atom. The smallest absolute Gasteiger partial charge is 0.231 e. The van der Waals surface area contributed by atoms with Crippen LogP contribution in [0.2, 0.25) is 0 Å². The topological polar surface area (TPSA) is 79.0 Å². The number of rotatable bonds is 8. The average molecular weight is 505 g/mol. The van der Waals surface area contributed by atoms with Gasteiger partial charge in [-0.1, -0.05) is 19.1 Å². The summed E-state index contributed by atoms with van der Waals surface area (Å²) in [5.74, 6) is 1.14. The number of amides is 1. The van der Waals surface area contributed by atoms with Gasteiger partial charge in [0.2, 0.25) is 5.91 Å². The Hall–Kier alpha value is -2.77. The lowest BCUT2D eigenvalue weighted by Gasteiger charge is -2.37. The Kier molecular flexibility index (Phi) is 6.32. The van der Waals surface area contributed by atoms with Crippen LogP contribution in [0.4, 0.5) is 4.39 Å². The zero-order valence-electron chi connectivity index (χ0n) is 21.8. The van der Waals surface area contributed by atoms with Gasteiger partial charge in [-0.05, 0) is 97.9 Å². The molecule has 0 radical (unpaired) electrons. The normalized spacial score (nSPS) is 22.2. The second kappa shape index (κ2) is 9.52. The van der Waals surface area contributed by atoms with Crippen molar-refractivity contribution in [2.24, 2.45) is 5.41 Å². The minimum atomic E-state index is -0.613. The minimum absolute atomic E-state index is 0.0449. The van der Waals surface area contributed by atoms with E-state index in [0.717, 1.165) is 53.9 Å². The zero-order valence-corrected chi connectivity index (χ0v) is 21.8. The molecular formula is C30H37FN4O2. The summed E-state index contributed by atoms with van der Waals surface area (Å²) < 4.78 is 19.8. The fraction of sp³-hybridized carbons (Fsp3) is 0.533. The summed E-state index contributed by atoms with van der Waals surface area (Å²) >= 11 is 0. The number of fused-ring (bicyclic) bond motifs is 2. The Labute approximate surface area is 217 Å². The molecule has 1 aromatic heterocycles. The first kappa shape index (κ1) is 24.6. The molecule has 1 saturated carbocycles. The Bertz CT molecular complexity index is 1310. The molecule has 1 saturated heterocycles. The Balaban J connectivity index is 1.28. The van der Waals surface area contributed by atoms with E-state index in [0.29, 0.717) is 32.0 Å². The monoisotopic (exact) mass is 504 g/mol. The fourth-order valence-electron chi connectivity index (χ4n) is 6.69. The van der Waals surface area contributed by atoms with Crippen molar-refractivity contribution in [3.05, 3.63) is 64.7 Å². The fourth-order valence-corrected chi connectivity index (χ4v) is 6.69. The van der Waals surface area contributed by atoms with E-state index in [4.69, 9.17) is 9.72 Å². The molecule has 0 bridgehead atoms. The molecule has 1 amide bonds. The Morgan fingerprint density at radius 1 is 1.19 bits per heavy atom. The molecule has 0 unspecified atom stereocenters. The molecule has 2 atom stereocenters. The average Bonchev–Trinajstić information content (AvgIpc) is 3.46. The van der Waals surface area contributed by atoms with Gasteiger partial charge < -0.3 is 20.4 Å². The first-order valence-corrected chi connectivity index (χ1v) is 13.8. The van der Waals surface area contributed by atoms with Crippen LogP contribution in [-0.2, 0) is 27.8 Å². The number of carbonyl (C=O) groups is 1. The van der Waals surface area contributed by atoms with Crippen molar-refractivity contribution in [2.45, 2.75) is 69.7 Å². The SMILES string of the molecule is CCNC[C@@H](C)NC(=O)C1(c2ccc3nc(C[C@@H]4c5cc(F)ccc5CC45CC5)[nH]c3c2)CCOCC1. The van der Waals surface area contributed by atoms with Crippen LogP contribution in [0.1, 0.15) is 68.0 Å². The number of nitrogens with one attached hydrogen (secondary N) is 3. The molecular weight excluding hydrogens is 467 g/mol. The van der Waals surface area contributed by atoms with E-state index in [1.54, 1.807) is 12.1 Å². The van der Waals surface area contributed by atoms with Crippen LogP contribution < -0.4 is 10.6 Å². The molecule has 3 aromatic rings. The van der Waals surface area contributed by atoms with Crippen LogP contribution >= 0.6 is 0 Å². The summed E-state index contributed by atoms with van der Waals surface area (Å²) in [5, 5.41) is 6.55. The van der Waals surface area contributed by atoms with Gasteiger partial charge in [-0.15, -0.1) is 0 Å². The molecule has 2 fully saturated rings. The van der Waals surface area contributed by atoms with E-state index < -0.39 is 5.41 Å². The van der Waals surface area contributed by atoms with Crippen LogP contribution in [0.25, 0.3) is 11.0 Å². The van der Waals surface area contributed by atoms with Gasteiger partial charge in [0, 0.05) is 32.2 Å². The number of H-pyrrole nitrogens is 1. The lowest BCUT2D eigenvalue weighted by molar-refractivity contribution is -0.131. The standard InChI is InChI=1S/C30H37FN4O2/c1-3-32-18-19(2)33-28(36)30(10-12-37-13-11-30)21-5-7-25-26(14-21)35-27(34-25)16-24-23-15-22(31)6-4-20(23)17-29(24)8-9-29/h4-7,14-15,19,24,32H,3,8-13,16-18H2,1-2H3,(H,33,36)(H,34,35)/t19-,24-/m1/s1. The van der Waals surface area contributed by atoms with Crippen molar-refractivity contribution in [1.29, 1.82) is 0 Å². The number of hydrogen-bond acceptors (Lipinski definition) is 4. The zero-order chi connectivity index (χ0) is 25.6. The van der Waals surface area contributed by atoms with Crippen LogP contribution in [0.5, 0.6) is 0 Å². The lowest BCUT2D eigenvalue weighted by atomic mass is 9.73. The number of aromatic amines is 1. The highest BCUT2D eigenvalue weighted by Gasteiger charge is 2.54. The van der Waals surface area contributed by atoms with Gasteiger partial charge in [0.25, 0.3) is 0 Å². The first-order chi connectivity index (χ1) is 17.9. The number of benzene rings is 2. The molecule has 3 aliphatic rings. The van der Waals surface area contributed by atoms with E-state index in [1.807, 2.05) is 19.1 Å². The van der Waals surface area contributed by atoms with Gasteiger partial charge in [-0.3, -0.25) is 4.79 Å². The van der Waals surface area contributed by atoms with Crippen LogP contribution in [-0.4, -0.2) is 48.2 Å². The number of hydrogen-bond donors (Lipinski definition) is 3. The van der Waals surface area contributed by atoms with E-state index in [1.165, 1.54) is 18.4 Å². The van der Waals surface area contributed by atoms with E-state index in [9.17, 15) is 9.18 Å². The van der Waals surface area contributed by atoms with Gasteiger partial charge >= 0.3 is 0 Å². The summed E-state index contributed by atoms with van der Waals surface area (Å²) in [4.78, 5) is 22.1. The third kappa shape index (κ3) is 4.46. The molecule has 2 aliphatic carbocycles. The quantitative estimate of drug-likeness (QED) is 0.421. The van der Waals surface area contributed by atoms with Crippen molar-refractivity contribution in [2.75, 3.05) is 26.3 Å². The van der Waals surface area contributed by atoms with Gasteiger partial charge in [0.1, 0.15) is 11.6 Å². The molecule has 6 rings (SSSR count). The number of aromatic nitrogens is 2. The summed E-state index contributed by atoms with van der Waals surface area (Å²) in [6.07, 6.45) is 5.54. The predicted molar refractivity (Wildman–Crippen MR) is 142 cm³/mol. The largest absolute Gasteiger partial charge is 0.381 e. The molecule has 37 heavy (non-hydrogen) atoms. The number of ether oxygens (including phenoxy) is 1. The number of nitrogens with zero attached hydrogens (tertiary/aromatic N) is 1.